The minimum Gasteiger partial charge on any atom is -0.106 e. The third-order valence-corrected chi connectivity index (χ3v) is 7.82. The molecule has 1 rings (SSSR count). The van der Waals surface area contributed by atoms with Gasteiger partial charge in [-0.1, -0.05) is 191 Å². The number of rotatable bonds is 17. The van der Waals surface area contributed by atoms with E-state index in [9.17, 15) is 0 Å². The summed E-state index contributed by atoms with van der Waals surface area (Å²) in [6, 6.07) is 0. The van der Waals surface area contributed by atoms with Gasteiger partial charge < -0.3 is 0 Å². The standard InChI is InChI=1S/C44H60.C3H6.4C2H6.C2H4/c1-11-24-38(27-22-30-40(16-6)43-32-23-31-42(26-13-3)44(43)35(7)8)34-33-37(10)39(15-5)28-20-18-17-19-21-29-41(25-12-2)36(9)14-4;1-3-2;5*1-2/h11-12,14-16,19-22,24-25,28,30-31,33-34H,4,6,13,17-18,23,26-27,29,32H2,1-3,5,7-10H3;3H,1H2,2H3;4*1-2H3;1-2H2/b21-19-,24-11-,25-12-,28-20-,30-22-,37-33+,38-34+,39-15+,41-36+,43-40+;;;;;;. The number of hydrogen-bond acceptors (Lipinski definition) is 0. The fourth-order valence-corrected chi connectivity index (χ4v) is 5.45. The Bertz CT molecular complexity index is 1380. The topological polar surface area (TPSA) is 0 Å². The number of allylic oxidation sites excluding steroid dienone is 27. The molecule has 0 nitrogen and oxygen atoms in total. The zero-order valence-electron chi connectivity index (χ0n) is 41.0. The van der Waals surface area contributed by atoms with E-state index in [0.29, 0.717) is 0 Å². The highest BCUT2D eigenvalue weighted by atomic mass is 14.2. The van der Waals surface area contributed by atoms with Crippen LogP contribution in [0.5, 0.6) is 0 Å². The average molecular weight is 779 g/mol. The van der Waals surface area contributed by atoms with Gasteiger partial charge in [0.15, 0.2) is 0 Å². The minimum atomic E-state index is 0.880. The van der Waals surface area contributed by atoms with Crippen LogP contribution < -0.4 is 0 Å². The smallest absolute Gasteiger partial charge is 0.00942 e. The fraction of sp³-hybridized carbons (Fsp3) is 0.439. The maximum absolute atomic E-state index is 4.18. The maximum Gasteiger partial charge on any atom is -0.00942 e. The summed E-state index contributed by atoms with van der Waals surface area (Å²) in [5.41, 5.74) is 13.5. The highest BCUT2D eigenvalue weighted by Crippen LogP contribution is 2.37. The SMILES string of the molecule is C=C.C=C/C(C)=C(\C=C/C)C/C=C\CC\C=C/C(=C\C)C(/C)=C/C=C(\C=C/C)C/C=C\C(C=C)=C1/CCC=C(CCC)C1=C(C)C.C=CC.CC.CC.CC.CC. The second kappa shape index (κ2) is 51.8. The summed E-state index contributed by atoms with van der Waals surface area (Å²) < 4.78 is 0. The van der Waals surface area contributed by atoms with E-state index in [4.69, 9.17) is 0 Å². The van der Waals surface area contributed by atoms with Crippen LogP contribution in [-0.2, 0) is 0 Å². The molecule has 0 bridgehead atoms. The Labute approximate surface area is 359 Å². The lowest BCUT2D eigenvalue weighted by molar-refractivity contribution is 0.847. The summed E-state index contributed by atoms with van der Waals surface area (Å²) in [5, 5.41) is 0. The van der Waals surface area contributed by atoms with Crippen LogP contribution in [0.4, 0.5) is 0 Å². The van der Waals surface area contributed by atoms with Crippen LogP contribution in [0.1, 0.15) is 169 Å². The van der Waals surface area contributed by atoms with Gasteiger partial charge in [0.05, 0.1) is 0 Å². The van der Waals surface area contributed by atoms with Gasteiger partial charge in [-0.3, -0.25) is 0 Å². The quantitative estimate of drug-likeness (QED) is 0.0784. The van der Waals surface area contributed by atoms with Crippen LogP contribution in [-0.4, -0.2) is 0 Å². The molecule has 57 heavy (non-hydrogen) atoms. The van der Waals surface area contributed by atoms with Crippen LogP contribution in [0.15, 0.2) is 192 Å². The van der Waals surface area contributed by atoms with E-state index < -0.39 is 0 Å². The van der Waals surface area contributed by atoms with Crippen molar-refractivity contribution in [3.8, 4) is 0 Å². The average Bonchev–Trinajstić information content (AvgIpc) is 3.25. The summed E-state index contributed by atoms with van der Waals surface area (Å²) in [4.78, 5) is 0. The van der Waals surface area contributed by atoms with Crippen molar-refractivity contribution in [2.75, 3.05) is 0 Å². The molecule has 1 aliphatic carbocycles. The molecule has 0 heteroatoms. The van der Waals surface area contributed by atoms with Gasteiger partial charge in [0.2, 0.25) is 0 Å². The van der Waals surface area contributed by atoms with Gasteiger partial charge in [-0.25, -0.2) is 0 Å². The first kappa shape index (κ1) is 64.7. The van der Waals surface area contributed by atoms with Crippen molar-refractivity contribution in [1.82, 2.24) is 0 Å². The van der Waals surface area contributed by atoms with E-state index in [0.717, 1.165) is 44.9 Å². The van der Waals surface area contributed by atoms with Crippen LogP contribution in [0, 0.1) is 0 Å². The molecule has 0 aromatic rings. The molecule has 0 fully saturated rings. The number of unbranched alkanes of at least 4 members (excludes halogenated alkanes) is 1. The number of hydrogen-bond donors (Lipinski definition) is 0. The minimum absolute atomic E-state index is 0.880. The van der Waals surface area contributed by atoms with E-state index in [1.165, 1.54) is 62.2 Å². The Morgan fingerprint density at radius 1 is 0.667 bits per heavy atom. The zero-order chi connectivity index (χ0) is 45.5. The first-order valence-corrected chi connectivity index (χ1v) is 22.1. The first-order chi connectivity index (χ1) is 27.7. The lowest BCUT2D eigenvalue weighted by Gasteiger charge is -2.24. The Kier molecular flexibility index (Phi) is 58.9. The van der Waals surface area contributed by atoms with Crippen LogP contribution >= 0.6 is 0 Å². The van der Waals surface area contributed by atoms with Crippen molar-refractivity contribution in [3.05, 3.63) is 192 Å². The van der Waals surface area contributed by atoms with E-state index in [2.05, 4.69) is 173 Å². The zero-order valence-corrected chi connectivity index (χ0v) is 41.0. The third-order valence-electron chi connectivity index (χ3n) is 7.82. The van der Waals surface area contributed by atoms with Gasteiger partial charge in [0.25, 0.3) is 0 Å². The molecule has 0 spiro atoms. The van der Waals surface area contributed by atoms with Crippen molar-refractivity contribution in [3.63, 3.8) is 0 Å². The Balaban J connectivity index is -0.000000448. The molecule has 0 unspecified atom stereocenters. The first-order valence-electron chi connectivity index (χ1n) is 22.1. The van der Waals surface area contributed by atoms with Gasteiger partial charge >= 0.3 is 0 Å². The lowest BCUT2D eigenvalue weighted by atomic mass is 9.81. The molecule has 1 aliphatic rings. The van der Waals surface area contributed by atoms with Crippen LogP contribution in [0.3, 0.4) is 0 Å². The Morgan fingerprint density at radius 2 is 1.23 bits per heavy atom. The second-order valence-electron chi connectivity index (χ2n) is 11.9. The molecule has 0 atom stereocenters. The van der Waals surface area contributed by atoms with Crippen molar-refractivity contribution >= 4 is 0 Å². The molecule has 0 aromatic carbocycles. The van der Waals surface area contributed by atoms with Crippen molar-refractivity contribution in [2.24, 2.45) is 0 Å². The van der Waals surface area contributed by atoms with E-state index in [1.54, 1.807) is 6.08 Å². The second-order valence-corrected chi connectivity index (χ2v) is 11.9. The van der Waals surface area contributed by atoms with Gasteiger partial charge in [-0.15, -0.1) is 19.7 Å². The predicted molar refractivity (Wildman–Crippen MR) is 274 cm³/mol. The Hall–Kier alpha value is -4.16. The van der Waals surface area contributed by atoms with Gasteiger partial charge in [-0.2, -0.15) is 0 Å². The van der Waals surface area contributed by atoms with Crippen LogP contribution in [0.25, 0.3) is 0 Å². The molecule has 0 saturated heterocycles. The van der Waals surface area contributed by atoms with Gasteiger partial charge in [-0.05, 0) is 150 Å². The molecule has 0 aromatic heterocycles. The third kappa shape index (κ3) is 33.7. The van der Waals surface area contributed by atoms with Crippen molar-refractivity contribution in [1.29, 1.82) is 0 Å². The monoisotopic (exact) mass is 779 g/mol. The van der Waals surface area contributed by atoms with Crippen molar-refractivity contribution < 1.29 is 0 Å². The highest BCUT2D eigenvalue weighted by molar-refractivity contribution is 5.57. The fourth-order valence-electron chi connectivity index (χ4n) is 5.45. The summed E-state index contributed by atoms with van der Waals surface area (Å²) in [6.45, 7) is 52.7. The predicted octanol–water partition coefficient (Wildman–Crippen LogP) is 20.1. The summed E-state index contributed by atoms with van der Waals surface area (Å²) in [6.07, 6.45) is 45.5. The Morgan fingerprint density at radius 3 is 1.70 bits per heavy atom. The van der Waals surface area contributed by atoms with E-state index in [-0.39, 0.29) is 0 Å². The molecule has 0 heterocycles. The molecule has 0 aliphatic heterocycles. The summed E-state index contributed by atoms with van der Waals surface area (Å²) in [5.74, 6) is 0. The highest BCUT2D eigenvalue weighted by Gasteiger charge is 2.18. The molecular weight excluding hydrogens is 685 g/mol. The molecule has 0 radical (unpaired) electrons. The molecule has 0 saturated carbocycles. The molecule has 0 amide bonds. The lowest BCUT2D eigenvalue weighted by Crippen LogP contribution is -2.05. The van der Waals surface area contributed by atoms with E-state index >= 15 is 0 Å². The molecular formula is C57H94. The molecule has 322 valence electrons. The van der Waals surface area contributed by atoms with Gasteiger partial charge in [0.1, 0.15) is 0 Å². The van der Waals surface area contributed by atoms with Gasteiger partial charge in [0, 0.05) is 0 Å². The van der Waals surface area contributed by atoms with Crippen LogP contribution in [0.2, 0.25) is 0 Å². The summed E-state index contributed by atoms with van der Waals surface area (Å²) >= 11 is 0. The normalized spacial score (nSPS) is 14.2. The molecule has 0 N–H and O–H groups in total. The maximum atomic E-state index is 4.18. The van der Waals surface area contributed by atoms with E-state index in [1.807, 2.05) is 74.5 Å². The van der Waals surface area contributed by atoms with Crippen molar-refractivity contribution in [2.45, 2.75) is 169 Å². The largest absolute Gasteiger partial charge is 0.106 e. The summed E-state index contributed by atoms with van der Waals surface area (Å²) in [7, 11) is 0.